The second kappa shape index (κ2) is 7.79. The third-order valence-electron chi connectivity index (χ3n) is 3.62. The van der Waals surface area contributed by atoms with Gasteiger partial charge in [0.05, 0.1) is 17.4 Å². The van der Waals surface area contributed by atoms with Gasteiger partial charge in [-0.25, -0.2) is 4.39 Å². The van der Waals surface area contributed by atoms with Gasteiger partial charge in [0.25, 0.3) is 0 Å². The number of carbonyl (C=O) groups is 1. The van der Waals surface area contributed by atoms with Crippen molar-refractivity contribution in [2.24, 2.45) is 7.05 Å². The maximum atomic E-state index is 13.9. The Labute approximate surface area is 153 Å². The van der Waals surface area contributed by atoms with Crippen LogP contribution in [0.4, 0.5) is 4.39 Å². The highest BCUT2D eigenvalue weighted by Crippen LogP contribution is 2.27. The summed E-state index contributed by atoms with van der Waals surface area (Å²) >= 11 is 2.90. The van der Waals surface area contributed by atoms with E-state index in [0.29, 0.717) is 23.1 Å². The number of thiophene rings is 1. The number of hydrogen-bond donors (Lipinski definition) is 1. The van der Waals surface area contributed by atoms with Crippen LogP contribution in [0.5, 0.6) is 0 Å². The van der Waals surface area contributed by atoms with E-state index >= 15 is 0 Å². The van der Waals surface area contributed by atoms with Gasteiger partial charge in [-0.2, -0.15) is 0 Å². The van der Waals surface area contributed by atoms with Gasteiger partial charge in [-0.15, -0.1) is 21.5 Å². The molecule has 8 heteroatoms. The molecule has 0 saturated carbocycles. The van der Waals surface area contributed by atoms with Crippen molar-refractivity contribution in [3.05, 3.63) is 52.5 Å². The fourth-order valence-electron chi connectivity index (χ4n) is 2.24. The fraction of sp³-hybridized carbons (Fsp3) is 0.235. The van der Waals surface area contributed by atoms with Crippen molar-refractivity contribution in [1.29, 1.82) is 0 Å². The zero-order valence-electron chi connectivity index (χ0n) is 13.8. The van der Waals surface area contributed by atoms with Gasteiger partial charge >= 0.3 is 0 Å². The van der Waals surface area contributed by atoms with E-state index in [-0.39, 0.29) is 17.0 Å². The van der Waals surface area contributed by atoms with Crippen LogP contribution in [-0.4, -0.2) is 25.9 Å². The van der Waals surface area contributed by atoms with Gasteiger partial charge in [0.1, 0.15) is 5.82 Å². The lowest BCUT2D eigenvalue weighted by Gasteiger charge is -2.11. The quantitative estimate of drug-likeness (QED) is 0.669. The lowest BCUT2D eigenvalue weighted by molar-refractivity contribution is -0.120. The first-order valence-electron chi connectivity index (χ1n) is 7.67. The average molecular weight is 376 g/mol. The summed E-state index contributed by atoms with van der Waals surface area (Å²) in [6.45, 7) is 2.33. The van der Waals surface area contributed by atoms with Gasteiger partial charge in [0.2, 0.25) is 5.91 Å². The van der Waals surface area contributed by atoms with E-state index in [4.69, 9.17) is 0 Å². The first kappa shape index (κ1) is 17.6. The molecule has 1 N–H and O–H groups in total. The van der Waals surface area contributed by atoms with Crippen molar-refractivity contribution in [2.75, 3.05) is 0 Å². The van der Waals surface area contributed by atoms with Crippen LogP contribution in [0.1, 0.15) is 11.8 Å². The van der Waals surface area contributed by atoms with E-state index in [2.05, 4.69) is 15.5 Å². The van der Waals surface area contributed by atoms with Crippen LogP contribution in [0.3, 0.4) is 0 Å². The van der Waals surface area contributed by atoms with Crippen molar-refractivity contribution in [2.45, 2.75) is 23.9 Å². The minimum atomic E-state index is -0.351. The summed E-state index contributed by atoms with van der Waals surface area (Å²) in [6.07, 6.45) is 0. The van der Waals surface area contributed by atoms with Gasteiger partial charge in [0.15, 0.2) is 11.0 Å². The van der Waals surface area contributed by atoms with Crippen LogP contribution in [-0.2, 0) is 18.4 Å². The summed E-state index contributed by atoms with van der Waals surface area (Å²) in [7, 11) is 1.76. The van der Waals surface area contributed by atoms with Crippen LogP contribution >= 0.6 is 23.1 Å². The second-order valence-corrected chi connectivity index (χ2v) is 7.74. The molecule has 0 aliphatic heterocycles. The fourth-order valence-corrected chi connectivity index (χ4v) is 3.72. The molecule has 5 nitrogen and oxygen atoms in total. The monoisotopic (exact) mass is 376 g/mol. The second-order valence-electron chi connectivity index (χ2n) is 5.40. The number of benzene rings is 1. The number of nitrogens with zero attached hydrogens (tertiary/aromatic N) is 3. The van der Waals surface area contributed by atoms with E-state index in [1.807, 2.05) is 24.4 Å². The molecule has 1 atom stereocenters. The molecule has 25 heavy (non-hydrogen) atoms. The minimum absolute atomic E-state index is 0.0751. The van der Waals surface area contributed by atoms with Gasteiger partial charge in [-0.3, -0.25) is 4.79 Å². The van der Waals surface area contributed by atoms with Gasteiger partial charge in [-0.1, -0.05) is 30.0 Å². The summed E-state index contributed by atoms with van der Waals surface area (Å²) in [5, 5.41) is 13.3. The number of nitrogens with one attached hydrogen (secondary N) is 1. The highest BCUT2D eigenvalue weighted by atomic mass is 32.2. The maximum Gasteiger partial charge on any atom is 0.233 e. The molecule has 0 fully saturated rings. The molecule has 130 valence electrons. The zero-order valence-corrected chi connectivity index (χ0v) is 15.4. The zero-order chi connectivity index (χ0) is 17.8. The molecule has 0 unspecified atom stereocenters. The van der Waals surface area contributed by atoms with E-state index in [0.717, 1.165) is 4.88 Å². The Balaban J connectivity index is 1.67. The van der Waals surface area contributed by atoms with Crippen molar-refractivity contribution in [3.8, 4) is 11.4 Å². The Kier molecular flexibility index (Phi) is 5.50. The summed E-state index contributed by atoms with van der Waals surface area (Å²) in [5.74, 6) is 0.0110. The molecule has 3 rings (SSSR count). The molecule has 2 heterocycles. The van der Waals surface area contributed by atoms with Gasteiger partial charge in [-0.05, 0) is 30.5 Å². The lowest BCUT2D eigenvalue weighted by atomic mass is 10.2. The molecule has 0 spiro atoms. The minimum Gasteiger partial charge on any atom is -0.350 e. The van der Waals surface area contributed by atoms with E-state index in [9.17, 15) is 9.18 Å². The third-order valence-corrected chi connectivity index (χ3v) is 5.63. The Hall–Kier alpha value is -2.19. The number of amides is 1. The molecule has 0 aliphatic rings. The van der Waals surface area contributed by atoms with Crippen LogP contribution in [0, 0.1) is 5.82 Å². The largest absolute Gasteiger partial charge is 0.350 e. The lowest BCUT2D eigenvalue weighted by Crippen LogP contribution is -2.30. The summed E-state index contributed by atoms with van der Waals surface area (Å²) in [6, 6.07) is 10.4. The van der Waals surface area contributed by atoms with Crippen molar-refractivity contribution >= 4 is 29.0 Å². The highest BCUT2D eigenvalue weighted by Gasteiger charge is 2.20. The van der Waals surface area contributed by atoms with Crippen molar-refractivity contribution in [1.82, 2.24) is 20.1 Å². The van der Waals surface area contributed by atoms with E-state index in [1.54, 1.807) is 41.2 Å². The number of aromatic nitrogens is 3. The average Bonchev–Trinajstić information content (AvgIpc) is 3.24. The molecule has 0 radical (unpaired) electrons. The Morgan fingerprint density at radius 3 is 2.84 bits per heavy atom. The number of rotatable bonds is 6. The molecule has 1 amide bonds. The molecule has 0 saturated heterocycles. The molecule has 2 aromatic heterocycles. The Morgan fingerprint density at radius 1 is 1.32 bits per heavy atom. The normalized spacial score (nSPS) is 12.1. The molecular formula is C17H17FN4OS2. The third kappa shape index (κ3) is 4.08. The number of hydrogen-bond acceptors (Lipinski definition) is 5. The van der Waals surface area contributed by atoms with Crippen molar-refractivity contribution in [3.63, 3.8) is 0 Å². The van der Waals surface area contributed by atoms with Crippen molar-refractivity contribution < 1.29 is 9.18 Å². The van der Waals surface area contributed by atoms with Crippen LogP contribution in [0.2, 0.25) is 0 Å². The van der Waals surface area contributed by atoms with E-state index < -0.39 is 0 Å². The topological polar surface area (TPSA) is 59.8 Å². The van der Waals surface area contributed by atoms with Gasteiger partial charge in [0, 0.05) is 11.9 Å². The predicted octanol–water partition coefficient (Wildman–Crippen LogP) is 3.48. The number of carbonyl (C=O) groups excluding carboxylic acids is 1. The van der Waals surface area contributed by atoms with Crippen LogP contribution < -0.4 is 5.32 Å². The maximum absolute atomic E-state index is 13.9. The molecule has 0 aliphatic carbocycles. The summed E-state index contributed by atoms with van der Waals surface area (Å²) < 4.78 is 15.6. The highest BCUT2D eigenvalue weighted by molar-refractivity contribution is 8.00. The summed E-state index contributed by atoms with van der Waals surface area (Å²) in [5.41, 5.74) is 0.388. The number of thioether (sulfide) groups is 1. The van der Waals surface area contributed by atoms with Crippen LogP contribution in [0.25, 0.3) is 11.4 Å². The smallest absolute Gasteiger partial charge is 0.233 e. The molecule has 3 aromatic rings. The van der Waals surface area contributed by atoms with Crippen LogP contribution in [0.15, 0.2) is 46.9 Å². The first-order chi connectivity index (χ1) is 12.1. The number of halogens is 1. The standard InChI is InChI=1S/C17H17FN4OS2/c1-11(16(23)19-10-12-6-5-9-24-12)25-17-21-20-15(22(17)2)13-7-3-4-8-14(13)18/h3-9,11H,10H2,1-2H3,(H,19,23)/t11-/m0/s1. The Bertz CT molecular complexity index is 863. The van der Waals surface area contributed by atoms with E-state index in [1.165, 1.54) is 17.8 Å². The summed E-state index contributed by atoms with van der Waals surface area (Å²) in [4.78, 5) is 13.3. The first-order valence-corrected chi connectivity index (χ1v) is 9.43. The molecule has 1 aromatic carbocycles. The molecular weight excluding hydrogens is 359 g/mol. The van der Waals surface area contributed by atoms with Gasteiger partial charge < -0.3 is 9.88 Å². The predicted molar refractivity (Wildman–Crippen MR) is 97.9 cm³/mol. The Morgan fingerprint density at radius 2 is 2.12 bits per heavy atom. The molecule has 0 bridgehead atoms. The SMILES string of the molecule is C[C@H](Sc1nnc(-c2ccccc2F)n1C)C(=O)NCc1cccs1.